The lowest BCUT2D eigenvalue weighted by atomic mass is 10.0. The summed E-state index contributed by atoms with van der Waals surface area (Å²) in [7, 11) is 2.23. The maximum atomic E-state index is 9.44. The molecule has 3 nitrogen and oxygen atoms in total. The fourth-order valence-corrected chi connectivity index (χ4v) is 2.65. The second-order valence-corrected chi connectivity index (χ2v) is 4.83. The third kappa shape index (κ3) is 2.47. The number of β-amino-alcohol motifs (C(OH)–C–C–N with tert-alkyl or cyclic N) is 1. The highest BCUT2D eigenvalue weighted by atomic mass is 16.3. The Bertz CT molecular complexity index is 186. The van der Waals surface area contributed by atoms with Crippen LogP contribution in [0.3, 0.4) is 0 Å². The number of likely N-dealkylation sites (N-methyl/N-ethyl adjacent to an activating group) is 1. The number of rotatable bonds is 2. The van der Waals surface area contributed by atoms with Crippen molar-refractivity contribution < 1.29 is 5.11 Å². The number of aliphatic hydroxyl groups is 1. The van der Waals surface area contributed by atoms with E-state index in [2.05, 4.69) is 16.8 Å². The molecule has 0 aliphatic carbocycles. The maximum Gasteiger partial charge on any atom is 0.0679 e. The molecule has 0 radical (unpaired) electrons. The molecule has 0 aromatic rings. The second kappa shape index (κ2) is 4.60. The Morgan fingerprint density at radius 2 is 2.07 bits per heavy atom. The summed E-state index contributed by atoms with van der Waals surface area (Å²) >= 11 is 0. The Hall–Kier alpha value is -0.120. The molecular weight excluding hydrogens is 176 g/mol. The summed E-state index contributed by atoms with van der Waals surface area (Å²) in [6.07, 6.45) is 4.98. The Balaban J connectivity index is 1.78. The zero-order valence-electron chi connectivity index (χ0n) is 9.15. The lowest BCUT2D eigenvalue weighted by Crippen LogP contribution is -2.44. The molecule has 0 bridgehead atoms. The predicted octanol–water partition coefficient (Wildman–Crippen LogP) is 0.537. The van der Waals surface area contributed by atoms with E-state index in [1.165, 1.54) is 25.8 Å². The Morgan fingerprint density at radius 1 is 1.21 bits per heavy atom. The van der Waals surface area contributed by atoms with Crippen molar-refractivity contribution in [2.24, 2.45) is 0 Å². The third-order valence-corrected chi connectivity index (χ3v) is 3.64. The van der Waals surface area contributed by atoms with E-state index in [0.29, 0.717) is 0 Å². The van der Waals surface area contributed by atoms with Crippen molar-refractivity contribution in [3.8, 4) is 0 Å². The number of aliphatic hydroxyl groups excluding tert-OH is 1. The largest absolute Gasteiger partial charge is 0.392 e. The third-order valence-electron chi connectivity index (χ3n) is 3.64. The van der Waals surface area contributed by atoms with Crippen LogP contribution in [0.2, 0.25) is 0 Å². The Labute approximate surface area is 86.7 Å². The van der Waals surface area contributed by atoms with E-state index in [0.717, 1.165) is 32.1 Å². The highest BCUT2D eigenvalue weighted by Gasteiger charge is 2.25. The zero-order chi connectivity index (χ0) is 9.97. The number of hydrogen-bond donors (Lipinski definition) is 1. The van der Waals surface area contributed by atoms with E-state index in [1.807, 2.05) is 0 Å². The van der Waals surface area contributed by atoms with Gasteiger partial charge in [-0.15, -0.1) is 0 Å². The molecule has 2 aliphatic rings. The molecule has 0 aromatic heterocycles. The average Bonchev–Trinajstić information content (AvgIpc) is 2.56. The van der Waals surface area contributed by atoms with Gasteiger partial charge in [-0.25, -0.2) is 0 Å². The van der Waals surface area contributed by atoms with Crippen molar-refractivity contribution in [3.63, 3.8) is 0 Å². The van der Waals surface area contributed by atoms with Gasteiger partial charge in [-0.05, 0) is 32.9 Å². The van der Waals surface area contributed by atoms with Crippen LogP contribution in [0.25, 0.3) is 0 Å². The van der Waals surface area contributed by atoms with Gasteiger partial charge in [0.15, 0.2) is 0 Å². The molecule has 2 atom stereocenters. The van der Waals surface area contributed by atoms with Crippen molar-refractivity contribution in [2.45, 2.75) is 37.8 Å². The SMILES string of the molecule is CN1CCCCC1CN1CC[C@@H](O)C1. The lowest BCUT2D eigenvalue weighted by Gasteiger charge is -2.35. The lowest BCUT2D eigenvalue weighted by molar-refractivity contribution is 0.126. The van der Waals surface area contributed by atoms with Crippen LogP contribution < -0.4 is 0 Å². The van der Waals surface area contributed by atoms with Crippen LogP contribution in [0.4, 0.5) is 0 Å². The Morgan fingerprint density at radius 3 is 2.71 bits per heavy atom. The van der Waals surface area contributed by atoms with Gasteiger partial charge in [0.25, 0.3) is 0 Å². The molecule has 2 saturated heterocycles. The van der Waals surface area contributed by atoms with E-state index in [-0.39, 0.29) is 6.10 Å². The van der Waals surface area contributed by atoms with Gasteiger partial charge in [0.2, 0.25) is 0 Å². The molecular formula is C11H22N2O. The van der Waals surface area contributed by atoms with Gasteiger partial charge in [-0.3, -0.25) is 4.90 Å². The number of piperidine rings is 1. The van der Waals surface area contributed by atoms with Crippen molar-refractivity contribution in [1.82, 2.24) is 9.80 Å². The zero-order valence-corrected chi connectivity index (χ0v) is 9.15. The van der Waals surface area contributed by atoms with Crippen LogP contribution in [0.5, 0.6) is 0 Å². The number of hydrogen-bond acceptors (Lipinski definition) is 3. The van der Waals surface area contributed by atoms with Gasteiger partial charge in [0, 0.05) is 25.7 Å². The first kappa shape index (κ1) is 10.4. The van der Waals surface area contributed by atoms with E-state index in [9.17, 15) is 5.11 Å². The van der Waals surface area contributed by atoms with Gasteiger partial charge in [0.1, 0.15) is 0 Å². The summed E-state index contributed by atoms with van der Waals surface area (Å²) in [6, 6.07) is 0.731. The first-order chi connectivity index (χ1) is 6.75. The molecule has 1 N–H and O–H groups in total. The van der Waals surface area contributed by atoms with Crippen LogP contribution in [0.15, 0.2) is 0 Å². The summed E-state index contributed by atoms with van der Waals surface area (Å²) < 4.78 is 0. The van der Waals surface area contributed by atoms with E-state index in [1.54, 1.807) is 0 Å². The molecule has 0 spiro atoms. The molecule has 82 valence electrons. The maximum absolute atomic E-state index is 9.44. The molecule has 1 unspecified atom stereocenters. The molecule has 0 aromatic carbocycles. The van der Waals surface area contributed by atoms with Gasteiger partial charge in [-0.1, -0.05) is 6.42 Å². The molecule has 0 amide bonds. The quantitative estimate of drug-likeness (QED) is 0.701. The van der Waals surface area contributed by atoms with Crippen LogP contribution >= 0.6 is 0 Å². The van der Waals surface area contributed by atoms with Crippen LogP contribution in [-0.2, 0) is 0 Å². The summed E-state index contributed by atoms with van der Waals surface area (Å²) in [5.41, 5.74) is 0. The molecule has 14 heavy (non-hydrogen) atoms. The van der Waals surface area contributed by atoms with E-state index < -0.39 is 0 Å². The standard InChI is InChI=1S/C11H22N2O/c1-12-6-3-2-4-10(12)8-13-7-5-11(14)9-13/h10-11,14H,2-9H2,1H3/t10?,11-/m1/s1. The van der Waals surface area contributed by atoms with Gasteiger partial charge < -0.3 is 10.0 Å². The van der Waals surface area contributed by atoms with Crippen molar-refractivity contribution in [2.75, 3.05) is 33.2 Å². The van der Waals surface area contributed by atoms with Crippen LogP contribution in [0.1, 0.15) is 25.7 Å². The van der Waals surface area contributed by atoms with Gasteiger partial charge >= 0.3 is 0 Å². The average molecular weight is 198 g/mol. The van der Waals surface area contributed by atoms with Crippen LogP contribution in [0, 0.1) is 0 Å². The highest BCUT2D eigenvalue weighted by molar-refractivity contribution is 4.82. The summed E-state index contributed by atoms with van der Waals surface area (Å²) in [6.45, 7) is 4.39. The van der Waals surface area contributed by atoms with Crippen molar-refractivity contribution in [3.05, 3.63) is 0 Å². The fraction of sp³-hybridized carbons (Fsp3) is 1.00. The van der Waals surface area contributed by atoms with E-state index >= 15 is 0 Å². The second-order valence-electron chi connectivity index (χ2n) is 4.83. The molecule has 3 heteroatoms. The van der Waals surface area contributed by atoms with Gasteiger partial charge in [-0.2, -0.15) is 0 Å². The number of likely N-dealkylation sites (tertiary alicyclic amines) is 2. The number of nitrogens with zero attached hydrogens (tertiary/aromatic N) is 2. The topological polar surface area (TPSA) is 26.7 Å². The summed E-state index contributed by atoms with van der Waals surface area (Å²) in [4.78, 5) is 4.89. The smallest absolute Gasteiger partial charge is 0.0679 e. The summed E-state index contributed by atoms with van der Waals surface area (Å²) in [5.74, 6) is 0. The molecule has 0 saturated carbocycles. The van der Waals surface area contributed by atoms with Gasteiger partial charge in [0.05, 0.1) is 6.10 Å². The minimum Gasteiger partial charge on any atom is -0.392 e. The predicted molar refractivity (Wildman–Crippen MR) is 57.3 cm³/mol. The van der Waals surface area contributed by atoms with Crippen molar-refractivity contribution in [1.29, 1.82) is 0 Å². The first-order valence-electron chi connectivity index (χ1n) is 5.86. The van der Waals surface area contributed by atoms with Crippen LogP contribution in [-0.4, -0.2) is 60.3 Å². The van der Waals surface area contributed by atoms with Crippen molar-refractivity contribution >= 4 is 0 Å². The fourth-order valence-electron chi connectivity index (χ4n) is 2.65. The Kier molecular flexibility index (Phi) is 3.42. The normalized spacial score (nSPS) is 36.4. The summed E-state index contributed by atoms with van der Waals surface area (Å²) in [5, 5.41) is 9.44. The molecule has 2 rings (SSSR count). The van der Waals surface area contributed by atoms with E-state index in [4.69, 9.17) is 0 Å². The minimum atomic E-state index is -0.0658. The minimum absolute atomic E-state index is 0.0658. The molecule has 2 heterocycles. The monoisotopic (exact) mass is 198 g/mol. The first-order valence-corrected chi connectivity index (χ1v) is 5.86. The molecule has 2 fully saturated rings. The molecule has 2 aliphatic heterocycles. The highest BCUT2D eigenvalue weighted by Crippen LogP contribution is 2.18.